The molecular weight excluding hydrogens is 359 g/mol. The second-order valence-electron chi connectivity index (χ2n) is 9.31. The van der Waals surface area contributed by atoms with E-state index < -0.39 is 7.82 Å². The van der Waals surface area contributed by atoms with Gasteiger partial charge in [0.1, 0.15) is 5.75 Å². The van der Waals surface area contributed by atoms with Gasteiger partial charge in [-0.1, -0.05) is 85.8 Å². The third-order valence-electron chi connectivity index (χ3n) is 4.58. The van der Waals surface area contributed by atoms with E-state index in [9.17, 15) is 9.46 Å². The second-order valence-corrected chi connectivity index (χ2v) is 10.7. The lowest BCUT2D eigenvalue weighted by Gasteiger charge is -2.33. The molecule has 4 nitrogen and oxygen atoms in total. The minimum atomic E-state index is -4.07. The molecular formula is C22H39O4P. The number of hydrogen-bond acceptors (Lipinski definition) is 3. The van der Waals surface area contributed by atoms with Crippen molar-refractivity contribution in [3.05, 3.63) is 29.8 Å². The highest BCUT2D eigenvalue weighted by Gasteiger charge is 2.28. The van der Waals surface area contributed by atoms with Crippen LogP contribution in [0.5, 0.6) is 5.75 Å². The second kappa shape index (κ2) is 10.6. The summed E-state index contributed by atoms with van der Waals surface area (Å²) in [7, 11) is -4.07. The molecule has 1 N–H and O–H groups in total. The first kappa shape index (κ1) is 24.2. The first-order chi connectivity index (χ1) is 12.5. The van der Waals surface area contributed by atoms with Crippen molar-refractivity contribution in [1.29, 1.82) is 0 Å². The van der Waals surface area contributed by atoms with Gasteiger partial charge in [0.15, 0.2) is 0 Å². The van der Waals surface area contributed by atoms with Gasteiger partial charge in [-0.05, 0) is 41.4 Å². The molecule has 0 heterocycles. The zero-order valence-corrected chi connectivity index (χ0v) is 19.0. The van der Waals surface area contributed by atoms with Gasteiger partial charge in [0, 0.05) is 0 Å². The van der Waals surface area contributed by atoms with E-state index in [0.717, 1.165) is 25.7 Å². The maximum atomic E-state index is 12.1. The van der Waals surface area contributed by atoms with Crippen LogP contribution in [0.25, 0.3) is 0 Å². The minimum Gasteiger partial charge on any atom is -0.404 e. The molecule has 0 amide bonds. The van der Waals surface area contributed by atoms with Crippen molar-refractivity contribution in [2.45, 2.75) is 91.9 Å². The predicted molar refractivity (Wildman–Crippen MR) is 113 cm³/mol. The van der Waals surface area contributed by atoms with E-state index in [4.69, 9.17) is 9.05 Å². The lowest BCUT2D eigenvalue weighted by Crippen LogP contribution is -2.24. The molecule has 0 spiro atoms. The van der Waals surface area contributed by atoms with Crippen molar-refractivity contribution in [3.63, 3.8) is 0 Å². The fraction of sp³-hybridized carbons (Fsp3) is 0.727. The highest BCUT2D eigenvalue weighted by atomic mass is 31.2. The lowest BCUT2D eigenvalue weighted by molar-refractivity contribution is 0.199. The molecule has 0 aliphatic heterocycles. The van der Waals surface area contributed by atoms with Crippen LogP contribution in [0.3, 0.4) is 0 Å². The van der Waals surface area contributed by atoms with Crippen LogP contribution in [-0.2, 0) is 14.5 Å². The molecule has 1 aromatic carbocycles. The lowest BCUT2D eigenvalue weighted by atomic mass is 9.72. The molecule has 27 heavy (non-hydrogen) atoms. The van der Waals surface area contributed by atoms with Crippen LogP contribution in [0.15, 0.2) is 24.3 Å². The summed E-state index contributed by atoms with van der Waals surface area (Å²) >= 11 is 0. The molecule has 1 aromatic rings. The Balaban J connectivity index is 2.50. The van der Waals surface area contributed by atoms with Crippen LogP contribution < -0.4 is 4.52 Å². The molecule has 156 valence electrons. The van der Waals surface area contributed by atoms with E-state index in [1.165, 1.54) is 24.8 Å². The SMILES string of the molecule is CCCCCCCCOP(=O)(O)Oc1ccc(C(C)(C)CC(C)(C)C)cc1. The molecule has 0 aromatic heterocycles. The fourth-order valence-corrected chi connectivity index (χ4v) is 4.42. The summed E-state index contributed by atoms with van der Waals surface area (Å²) in [6.45, 7) is 13.6. The summed E-state index contributed by atoms with van der Waals surface area (Å²) < 4.78 is 22.4. The third-order valence-corrected chi connectivity index (χ3v) is 5.53. The monoisotopic (exact) mass is 398 g/mol. The summed E-state index contributed by atoms with van der Waals surface area (Å²) in [4.78, 5) is 9.90. The van der Waals surface area contributed by atoms with Gasteiger partial charge in [0.2, 0.25) is 0 Å². The highest BCUT2D eigenvalue weighted by Crippen LogP contribution is 2.44. The van der Waals surface area contributed by atoms with Crippen LogP contribution in [0.4, 0.5) is 0 Å². The molecule has 1 atom stereocenters. The van der Waals surface area contributed by atoms with Crippen LogP contribution in [0.2, 0.25) is 0 Å². The summed E-state index contributed by atoms with van der Waals surface area (Å²) in [5.41, 5.74) is 1.43. The predicted octanol–water partition coefficient (Wildman–Crippen LogP) is 7.26. The number of phosphoric ester groups is 1. The Labute approximate surface area is 166 Å². The maximum Gasteiger partial charge on any atom is 0.527 e. The number of rotatable bonds is 12. The number of phosphoric acid groups is 1. The minimum absolute atomic E-state index is 0.0218. The standard InChI is InChI=1S/C22H39O4P/c1-7-8-9-10-11-12-17-25-27(23,24)26-20-15-13-19(14-16-20)22(5,6)18-21(2,3)4/h13-16H,7-12,17-18H2,1-6H3,(H,23,24). The van der Waals surface area contributed by atoms with E-state index in [1.54, 1.807) is 12.1 Å². The van der Waals surface area contributed by atoms with Gasteiger partial charge < -0.3 is 4.52 Å². The molecule has 0 aliphatic rings. The summed E-state index contributed by atoms with van der Waals surface area (Å²) in [5, 5.41) is 0. The topological polar surface area (TPSA) is 55.8 Å². The highest BCUT2D eigenvalue weighted by molar-refractivity contribution is 7.47. The van der Waals surface area contributed by atoms with Gasteiger partial charge in [-0.3, -0.25) is 9.42 Å². The fourth-order valence-electron chi connectivity index (χ4n) is 3.62. The van der Waals surface area contributed by atoms with E-state index in [1.807, 2.05) is 12.1 Å². The van der Waals surface area contributed by atoms with Gasteiger partial charge in [-0.15, -0.1) is 0 Å². The number of hydrogen-bond donors (Lipinski definition) is 1. The first-order valence-electron chi connectivity index (χ1n) is 10.2. The van der Waals surface area contributed by atoms with Crippen LogP contribution >= 0.6 is 7.82 Å². The van der Waals surface area contributed by atoms with Crippen LogP contribution in [-0.4, -0.2) is 11.5 Å². The molecule has 0 radical (unpaired) electrons. The summed E-state index contributed by atoms with van der Waals surface area (Å²) in [6, 6.07) is 7.43. The van der Waals surface area contributed by atoms with Gasteiger partial charge in [-0.25, -0.2) is 4.57 Å². The molecule has 1 unspecified atom stereocenters. The Morgan fingerprint density at radius 2 is 1.48 bits per heavy atom. The van der Waals surface area contributed by atoms with E-state index >= 15 is 0 Å². The van der Waals surface area contributed by atoms with E-state index in [-0.39, 0.29) is 17.4 Å². The Morgan fingerprint density at radius 3 is 2.04 bits per heavy atom. The summed E-state index contributed by atoms with van der Waals surface area (Å²) in [5.74, 6) is 0.360. The van der Waals surface area contributed by atoms with Gasteiger partial charge in [0.05, 0.1) is 6.61 Å². The Morgan fingerprint density at radius 1 is 0.926 bits per heavy atom. The smallest absolute Gasteiger partial charge is 0.404 e. The largest absolute Gasteiger partial charge is 0.527 e. The molecule has 1 rings (SSSR count). The number of benzene rings is 1. The van der Waals surface area contributed by atoms with Crippen molar-refractivity contribution in [3.8, 4) is 5.75 Å². The Hall–Kier alpha value is -0.830. The molecule has 0 bridgehead atoms. The number of unbranched alkanes of at least 4 members (excludes halogenated alkanes) is 5. The third kappa shape index (κ3) is 10.3. The van der Waals surface area contributed by atoms with Crippen molar-refractivity contribution >= 4 is 7.82 Å². The van der Waals surface area contributed by atoms with Crippen molar-refractivity contribution in [2.24, 2.45) is 5.41 Å². The average molecular weight is 399 g/mol. The molecule has 0 saturated carbocycles. The summed E-state index contributed by atoms with van der Waals surface area (Å²) in [6.07, 6.45) is 7.63. The quantitative estimate of drug-likeness (QED) is 0.297. The van der Waals surface area contributed by atoms with Crippen molar-refractivity contribution in [2.75, 3.05) is 6.61 Å². The average Bonchev–Trinajstić information content (AvgIpc) is 2.52. The van der Waals surface area contributed by atoms with Gasteiger partial charge in [0.25, 0.3) is 0 Å². The molecule has 0 saturated heterocycles. The van der Waals surface area contributed by atoms with Gasteiger partial charge >= 0.3 is 7.82 Å². The Bertz CT molecular complexity index is 587. The van der Waals surface area contributed by atoms with Crippen molar-refractivity contribution in [1.82, 2.24) is 0 Å². The van der Waals surface area contributed by atoms with Crippen LogP contribution in [0.1, 0.15) is 92.1 Å². The molecule has 0 fully saturated rings. The molecule has 0 aliphatic carbocycles. The molecule has 5 heteroatoms. The van der Waals surface area contributed by atoms with Crippen LogP contribution in [0, 0.1) is 5.41 Å². The zero-order chi connectivity index (χ0) is 20.6. The zero-order valence-electron chi connectivity index (χ0n) is 18.1. The normalized spacial score (nSPS) is 14.8. The van der Waals surface area contributed by atoms with Crippen molar-refractivity contribution < 1.29 is 18.5 Å². The Kier molecular flexibility index (Phi) is 9.54. The maximum absolute atomic E-state index is 12.1. The van der Waals surface area contributed by atoms with E-state index in [0.29, 0.717) is 5.75 Å². The first-order valence-corrected chi connectivity index (χ1v) is 11.7. The van der Waals surface area contributed by atoms with Gasteiger partial charge in [-0.2, -0.15) is 0 Å². The van der Waals surface area contributed by atoms with E-state index in [2.05, 4.69) is 41.5 Å².